The number of hydrogen-bond acceptors (Lipinski definition) is 2. The molecule has 2 aromatic carbocycles. The summed E-state index contributed by atoms with van der Waals surface area (Å²) in [6, 6.07) is 12.5. The first kappa shape index (κ1) is 14.5. The Morgan fingerprint density at radius 1 is 1.10 bits per heavy atom. The molecule has 1 unspecified atom stereocenters. The van der Waals surface area contributed by atoms with Crippen molar-refractivity contribution in [2.75, 3.05) is 6.67 Å². The standard InChI is InChI=1S/C16H16F2O2/c1-16(19,9-10-17)12-3-2-4-15(11-12)20-14-7-5-13(18)6-8-14/h2-8,11,19H,9-10H2,1H3. The molecular weight excluding hydrogens is 262 g/mol. The predicted octanol–water partition coefficient (Wildman–Crippen LogP) is 4.19. The highest BCUT2D eigenvalue weighted by molar-refractivity contribution is 5.36. The summed E-state index contributed by atoms with van der Waals surface area (Å²) in [5.41, 5.74) is -0.661. The fourth-order valence-corrected chi connectivity index (χ4v) is 1.86. The molecule has 2 rings (SSSR count). The Bertz CT molecular complexity index is 565. The summed E-state index contributed by atoms with van der Waals surface area (Å²) < 4.78 is 30.8. The van der Waals surface area contributed by atoms with E-state index in [1.54, 1.807) is 31.2 Å². The van der Waals surface area contributed by atoms with E-state index in [-0.39, 0.29) is 12.2 Å². The molecular formula is C16H16F2O2. The Hall–Kier alpha value is -1.94. The molecule has 0 spiro atoms. The first-order chi connectivity index (χ1) is 9.51. The molecule has 0 radical (unpaired) electrons. The van der Waals surface area contributed by atoms with Gasteiger partial charge < -0.3 is 9.84 Å². The number of benzene rings is 2. The zero-order valence-electron chi connectivity index (χ0n) is 11.1. The van der Waals surface area contributed by atoms with Crippen LogP contribution < -0.4 is 4.74 Å². The third-order valence-corrected chi connectivity index (χ3v) is 3.09. The monoisotopic (exact) mass is 278 g/mol. The third-order valence-electron chi connectivity index (χ3n) is 3.09. The van der Waals surface area contributed by atoms with Gasteiger partial charge in [-0.25, -0.2) is 4.39 Å². The average Bonchev–Trinajstić information content (AvgIpc) is 2.42. The Balaban J connectivity index is 2.19. The van der Waals surface area contributed by atoms with Gasteiger partial charge in [0.05, 0.1) is 12.3 Å². The summed E-state index contributed by atoms with van der Waals surface area (Å²) in [4.78, 5) is 0. The quantitative estimate of drug-likeness (QED) is 0.888. The van der Waals surface area contributed by atoms with Gasteiger partial charge in [0.25, 0.3) is 0 Å². The lowest BCUT2D eigenvalue weighted by Crippen LogP contribution is -2.21. The highest BCUT2D eigenvalue weighted by atomic mass is 19.1. The zero-order valence-corrected chi connectivity index (χ0v) is 11.1. The molecule has 1 atom stereocenters. The van der Waals surface area contributed by atoms with Crippen LogP contribution in [0.1, 0.15) is 18.9 Å². The van der Waals surface area contributed by atoms with Crippen molar-refractivity contribution in [3.8, 4) is 11.5 Å². The van der Waals surface area contributed by atoms with Crippen LogP contribution in [0.5, 0.6) is 11.5 Å². The SMILES string of the molecule is CC(O)(CCF)c1cccc(Oc2ccc(F)cc2)c1. The Labute approximate surface area is 116 Å². The molecule has 0 aliphatic carbocycles. The van der Waals surface area contributed by atoms with E-state index in [1.165, 1.54) is 24.3 Å². The Morgan fingerprint density at radius 2 is 1.80 bits per heavy atom. The van der Waals surface area contributed by atoms with Gasteiger partial charge in [0.2, 0.25) is 0 Å². The van der Waals surface area contributed by atoms with Crippen LogP contribution in [-0.4, -0.2) is 11.8 Å². The van der Waals surface area contributed by atoms with Crippen molar-refractivity contribution >= 4 is 0 Å². The van der Waals surface area contributed by atoms with Gasteiger partial charge in [0, 0.05) is 6.42 Å². The van der Waals surface area contributed by atoms with Crippen molar-refractivity contribution in [1.82, 2.24) is 0 Å². The minimum absolute atomic E-state index is 0.0208. The minimum Gasteiger partial charge on any atom is -0.457 e. The fourth-order valence-electron chi connectivity index (χ4n) is 1.86. The van der Waals surface area contributed by atoms with Crippen LogP contribution in [0.15, 0.2) is 48.5 Å². The van der Waals surface area contributed by atoms with Crippen molar-refractivity contribution < 1.29 is 18.6 Å². The molecule has 0 bridgehead atoms. The van der Waals surface area contributed by atoms with E-state index < -0.39 is 12.3 Å². The first-order valence-corrected chi connectivity index (χ1v) is 6.33. The second-order valence-corrected chi connectivity index (χ2v) is 4.80. The number of halogens is 2. The number of rotatable bonds is 5. The van der Waals surface area contributed by atoms with Crippen LogP contribution in [0.2, 0.25) is 0 Å². The Morgan fingerprint density at radius 3 is 2.45 bits per heavy atom. The summed E-state index contributed by atoms with van der Waals surface area (Å²) >= 11 is 0. The van der Waals surface area contributed by atoms with Crippen molar-refractivity contribution in [2.24, 2.45) is 0 Å². The maximum atomic E-state index is 12.8. The summed E-state index contributed by atoms with van der Waals surface area (Å²) in [6.45, 7) is 0.958. The third kappa shape index (κ3) is 3.54. The molecule has 2 nitrogen and oxygen atoms in total. The van der Waals surface area contributed by atoms with E-state index in [0.29, 0.717) is 17.1 Å². The summed E-state index contributed by atoms with van der Waals surface area (Å²) in [5, 5.41) is 10.2. The summed E-state index contributed by atoms with van der Waals surface area (Å²) in [5.74, 6) is 0.666. The van der Waals surface area contributed by atoms with Crippen molar-refractivity contribution in [1.29, 1.82) is 0 Å². The van der Waals surface area contributed by atoms with E-state index in [9.17, 15) is 13.9 Å². The summed E-state index contributed by atoms with van der Waals surface area (Å²) in [7, 11) is 0. The van der Waals surface area contributed by atoms with Gasteiger partial charge >= 0.3 is 0 Å². The predicted molar refractivity (Wildman–Crippen MR) is 73.1 cm³/mol. The van der Waals surface area contributed by atoms with E-state index >= 15 is 0 Å². The van der Waals surface area contributed by atoms with Crippen LogP contribution >= 0.6 is 0 Å². The molecule has 0 heterocycles. The smallest absolute Gasteiger partial charge is 0.127 e. The van der Waals surface area contributed by atoms with Crippen LogP contribution in [0.25, 0.3) is 0 Å². The van der Waals surface area contributed by atoms with Crippen molar-refractivity contribution in [2.45, 2.75) is 18.9 Å². The number of aliphatic hydroxyl groups is 1. The van der Waals surface area contributed by atoms with E-state index in [2.05, 4.69) is 0 Å². The second-order valence-electron chi connectivity index (χ2n) is 4.80. The molecule has 0 aliphatic rings. The lowest BCUT2D eigenvalue weighted by atomic mass is 9.93. The fraction of sp³-hybridized carbons (Fsp3) is 0.250. The Kier molecular flexibility index (Phi) is 4.35. The van der Waals surface area contributed by atoms with Crippen molar-refractivity contribution in [3.63, 3.8) is 0 Å². The molecule has 0 fully saturated rings. The zero-order chi connectivity index (χ0) is 14.6. The summed E-state index contributed by atoms with van der Waals surface area (Å²) in [6.07, 6.45) is 0.0208. The minimum atomic E-state index is -1.24. The molecule has 0 aromatic heterocycles. The van der Waals surface area contributed by atoms with E-state index in [4.69, 9.17) is 4.74 Å². The van der Waals surface area contributed by atoms with E-state index in [1.807, 2.05) is 0 Å². The maximum absolute atomic E-state index is 12.8. The van der Waals surface area contributed by atoms with Gasteiger partial charge in [0.15, 0.2) is 0 Å². The number of alkyl halides is 1. The van der Waals surface area contributed by atoms with Gasteiger partial charge in [-0.2, -0.15) is 0 Å². The van der Waals surface area contributed by atoms with Gasteiger partial charge in [-0.1, -0.05) is 12.1 Å². The topological polar surface area (TPSA) is 29.5 Å². The van der Waals surface area contributed by atoms with E-state index in [0.717, 1.165) is 0 Å². The lowest BCUT2D eigenvalue weighted by Gasteiger charge is -2.22. The molecule has 0 saturated heterocycles. The first-order valence-electron chi connectivity index (χ1n) is 6.33. The molecule has 4 heteroatoms. The second kappa shape index (κ2) is 6.01. The highest BCUT2D eigenvalue weighted by Crippen LogP contribution is 2.29. The van der Waals surface area contributed by atoms with Gasteiger partial charge in [0.1, 0.15) is 17.3 Å². The molecule has 0 aliphatic heterocycles. The average molecular weight is 278 g/mol. The largest absolute Gasteiger partial charge is 0.457 e. The molecule has 106 valence electrons. The van der Waals surface area contributed by atoms with Gasteiger partial charge in [-0.05, 0) is 48.9 Å². The molecule has 0 saturated carbocycles. The number of hydrogen-bond donors (Lipinski definition) is 1. The van der Waals surface area contributed by atoms with Crippen LogP contribution in [-0.2, 0) is 5.60 Å². The maximum Gasteiger partial charge on any atom is 0.127 e. The van der Waals surface area contributed by atoms with Gasteiger partial charge in [-0.15, -0.1) is 0 Å². The molecule has 0 amide bonds. The van der Waals surface area contributed by atoms with Crippen molar-refractivity contribution in [3.05, 3.63) is 59.9 Å². The van der Waals surface area contributed by atoms with Crippen LogP contribution in [0.4, 0.5) is 8.78 Å². The number of ether oxygens (including phenoxy) is 1. The van der Waals surface area contributed by atoms with Crippen LogP contribution in [0, 0.1) is 5.82 Å². The molecule has 20 heavy (non-hydrogen) atoms. The molecule has 1 N–H and O–H groups in total. The molecule has 2 aromatic rings. The highest BCUT2D eigenvalue weighted by Gasteiger charge is 2.23. The van der Waals surface area contributed by atoms with Gasteiger partial charge in [-0.3, -0.25) is 4.39 Å². The lowest BCUT2D eigenvalue weighted by molar-refractivity contribution is 0.0406. The normalized spacial score (nSPS) is 13.8. The van der Waals surface area contributed by atoms with Crippen LogP contribution in [0.3, 0.4) is 0 Å².